The lowest BCUT2D eigenvalue weighted by atomic mass is 10.1. The SMILES string of the molecule is COc1cccc(O[C@H]2CCCNC2)n1. The summed E-state index contributed by atoms with van der Waals surface area (Å²) in [6.07, 6.45) is 2.49. The van der Waals surface area contributed by atoms with Crippen LogP contribution < -0.4 is 14.8 Å². The largest absolute Gasteiger partial charge is 0.481 e. The Morgan fingerprint density at radius 2 is 2.27 bits per heavy atom. The molecule has 0 aromatic carbocycles. The smallest absolute Gasteiger partial charge is 0.216 e. The van der Waals surface area contributed by atoms with Gasteiger partial charge in [-0.3, -0.25) is 0 Å². The maximum atomic E-state index is 5.74. The van der Waals surface area contributed by atoms with Crippen LogP contribution in [-0.4, -0.2) is 31.3 Å². The van der Waals surface area contributed by atoms with Gasteiger partial charge in [-0.05, 0) is 19.4 Å². The van der Waals surface area contributed by atoms with Crippen molar-refractivity contribution in [2.75, 3.05) is 20.2 Å². The molecular weight excluding hydrogens is 192 g/mol. The third-order valence-corrected chi connectivity index (χ3v) is 2.45. The van der Waals surface area contributed by atoms with Crippen LogP contribution in [0.3, 0.4) is 0 Å². The van der Waals surface area contributed by atoms with E-state index >= 15 is 0 Å². The van der Waals surface area contributed by atoms with E-state index in [0.717, 1.165) is 25.9 Å². The van der Waals surface area contributed by atoms with Crippen molar-refractivity contribution in [3.05, 3.63) is 18.2 Å². The minimum Gasteiger partial charge on any atom is -0.481 e. The van der Waals surface area contributed by atoms with E-state index in [1.165, 1.54) is 0 Å². The van der Waals surface area contributed by atoms with E-state index in [1.807, 2.05) is 18.2 Å². The van der Waals surface area contributed by atoms with Gasteiger partial charge in [0.05, 0.1) is 7.11 Å². The van der Waals surface area contributed by atoms with Gasteiger partial charge >= 0.3 is 0 Å². The standard InChI is InChI=1S/C11H16N2O2/c1-14-10-5-2-6-11(13-10)15-9-4-3-7-12-8-9/h2,5-6,9,12H,3-4,7-8H2,1H3/t9-/m0/s1. The van der Waals surface area contributed by atoms with Crippen molar-refractivity contribution in [3.63, 3.8) is 0 Å². The van der Waals surface area contributed by atoms with E-state index < -0.39 is 0 Å². The first-order chi connectivity index (χ1) is 7.38. The number of methoxy groups -OCH3 is 1. The van der Waals surface area contributed by atoms with Gasteiger partial charge in [0.15, 0.2) is 0 Å². The number of nitrogens with zero attached hydrogens (tertiary/aromatic N) is 1. The van der Waals surface area contributed by atoms with Crippen LogP contribution in [-0.2, 0) is 0 Å². The van der Waals surface area contributed by atoms with Gasteiger partial charge in [0.2, 0.25) is 11.8 Å². The minimum atomic E-state index is 0.235. The molecule has 1 aliphatic heterocycles. The van der Waals surface area contributed by atoms with Crippen LogP contribution in [0.4, 0.5) is 0 Å². The van der Waals surface area contributed by atoms with E-state index in [4.69, 9.17) is 9.47 Å². The molecule has 0 aliphatic carbocycles. The third-order valence-electron chi connectivity index (χ3n) is 2.45. The molecule has 15 heavy (non-hydrogen) atoms. The van der Waals surface area contributed by atoms with Crippen molar-refractivity contribution in [2.24, 2.45) is 0 Å². The van der Waals surface area contributed by atoms with Crippen molar-refractivity contribution in [1.29, 1.82) is 0 Å². The highest BCUT2D eigenvalue weighted by molar-refractivity contribution is 5.19. The van der Waals surface area contributed by atoms with E-state index in [1.54, 1.807) is 7.11 Å². The molecule has 1 fully saturated rings. The van der Waals surface area contributed by atoms with E-state index in [-0.39, 0.29) is 6.10 Å². The summed E-state index contributed by atoms with van der Waals surface area (Å²) in [5.41, 5.74) is 0. The summed E-state index contributed by atoms with van der Waals surface area (Å²) in [5.74, 6) is 1.24. The average Bonchev–Trinajstić information content (AvgIpc) is 2.31. The highest BCUT2D eigenvalue weighted by atomic mass is 16.5. The molecule has 0 spiro atoms. The predicted octanol–water partition coefficient (Wildman–Crippen LogP) is 1.22. The number of rotatable bonds is 3. The number of piperidine rings is 1. The first-order valence-corrected chi connectivity index (χ1v) is 5.27. The first-order valence-electron chi connectivity index (χ1n) is 5.27. The number of pyridine rings is 1. The van der Waals surface area contributed by atoms with Gasteiger partial charge in [0.25, 0.3) is 0 Å². The van der Waals surface area contributed by atoms with E-state index in [0.29, 0.717) is 11.8 Å². The summed E-state index contributed by atoms with van der Waals surface area (Å²) in [7, 11) is 1.61. The molecule has 0 radical (unpaired) electrons. The van der Waals surface area contributed by atoms with Crippen LogP contribution in [0.5, 0.6) is 11.8 Å². The first kappa shape index (κ1) is 10.2. The lowest BCUT2D eigenvalue weighted by molar-refractivity contribution is 0.159. The van der Waals surface area contributed by atoms with Gasteiger partial charge in [-0.2, -0.15) is 4.98 Å². The predicted molar refractivity (Wildman–Crippen MR) is 57.3 cm³/mol. The normalized spacial score (nSPS) is 21.0. The summed E-state index contributed by atoms with van der Waals surface area (Å²) in [6, 6.07) is 5.56. The Balaban J connectivity index is 1.96. The zero-order chi connectivity index (χ0) is 10.5. The number of aromatic nitrogens is 1. The fourth-order valence-electron chi connectivity index (χ4n) is 1.67. The molecule has 1 aromatic heterocycles. The number of nitrogens with one attached hydrogen (secondary N) is 1. The maximum absolute atomic E-state index is 5.74. The highest BCUT2D eigenvalue weighted by Gasteiger charge is 2.14. The van der Waals surface area contributed by atoms with Crippen molar-refractivity contribution in [2.45, 2.75) is 18.9 Å². The zero-order valence-electron chi connectivity index (χ0n) is 8.90. The van der Waals surface area contributed by atoms with Crippen molar-refractivity contribution in [3.8, 4) is 11.8 Å². The second-order valence-electron chi connectivity index (χ2n) is 3.60. The van der Waals surface area contributed by atoms with Crippen molar-refractivity contribution >= 4 is 0 Å². The molecule has 1 aromatic rings. The summed E-state index contributed by atoms with van der Waals surface area (Å²) in [4.78, 5) is 4.21. The average molecular weight is 208 g/mol. The molecule has 0 amide bonds. The van der Waals surface area contributed by atoms with Crippen LogP contribution in [0.25, 0.3) is 0 Å². The van der Waals surface area contributed by atoms with E-state index in [2.05, 4.69) is 10.3 Å². The topological polar surface area (TPSA) is 43.4 Å². The molecule has 4 nitrogen and oxygen atoms in total. The van der Waals surface area contributed by atoms with Crippen molar-refractivity contribution in [1.82, 2.24) is 10.3 Å². The molecule has 2 rings (SSSR count). The van der Waals surface area contributed by atoms with Gasteiger partial charge in [-0.1, -0.05) is 6.07 Å². The minimum absolute atomic E-state index is 0.235. The fourth-order valence-corrected chi connectivity index (χ4v) is 1.67. The Bertz CT molecular complexity index is 311. The maximum Gasteiger partial charge on any atom is 0.216 e. The van der Waals surface area contributed by atoms with Gasteiger partial charge in [-0.25, -0.2) is 0 Å². The number of hydrogen-bond donors (Lipinski definition) is 1. The summed E-state index contributed by atoms with van der Waals surface area (Å²) in [6.45, 7) is 1.99. The molecule has 1 N–H and O–H groups in total. The van der Waals surface area contributed by atoms with Gasteiger partial charge in [-0.15, -0.1) is 0 Å². The molecule has 0 saturated carbocycles. The number of hydrogen-bond acceptors (Lipinski definition) is 4. The zero-order valence-corrected chi connectivity index (χ0v) is 8.90. The van der Waals surface area contributed by atoms with Crippen LogP contribution in [0.1, 0.15) is 12.8 Å². The van der Waals surface area contributed by atoms with Crippen LogP contribution >= 0.6 is 0 Å². The van der Waals surface area contributed by atoms with Gasteiger partial charge in [0.1, 0.15) is 6.10 Å². The summed E-state index contributed by atoms with van der Waals surface area (Å²) >= 11 is 0. The van der Waals surface area contributed by atoms with Crippen LogP contribution in [0, 0.1) is 0 Å². The Kier molecular flexibility index (Phi) is 3.40. The Morgan fingerprint density at radius 1 is 1.40 bits per heavy atom. The lowest BCUT2D eigenvalue weighted by Gasteiger charge is -2.23. The molecule has 1 saturated heterocycles. The second kappa shape index (κ2) is 4.98. The lowest BCUT2D eigenvalue weighted by Crippen LogP contribution is -2.37. The molecular formula is C11H16N2O2. The third kappa shape index (κ3) is 2.83. The Hall–Kier alpha value is -1.29. The quantitative estimate of drug-likeness (QED) is 0.811. The van der Waals surface area contributed by atoms with Gasteiger partial charge in [0, 0.05) is 18.7 Å². The van der Waals surface area contributed by atoms with Crippen molar-refractivity contribution < 1.29 is 9.47 Å². The summed E-state index contributed by atoms with van der Waals surface area (Å²) in [5, 5.41) is 3.30. The number of ether oxygens (including phenoxy) is 2. The van der Waals surface area contributed by atoms with Crippen LogP contribution in [0.2, 0.25) is 0 Å². The molecule has 82 valence electrons. The van der Waals surface area contributed by atoms with Crippen LogP contribution in [0.15, 0.2) is 18.2 Å². The molecule has 0 unspecified atom stereocenters. The van der Waals surface area contributed by atoms with E-state index in [9.17, 15) is 0 Å². The Labute approximate surface area is 89.6 Å². The highest BCUT2D eigenvalue weighted by Crippen LogP contribution is 2.16. The Morgan fingerprint density at radius 3 is 3.00 bits per heavy atom. The monoisotopic (exact) mass is 208 g/mol. The molecule has 4 heteroatoms. The fraction of sp³-hybridized carbons (Fsp3) is 0.545. The second-order valence-corrected chi connectivity index (χ2v) is 3.60. The molecule has 1 atom stereocenters. The molecule has 1 aliphatic rings. The molecule has 2 heterocycles. The molecule has 0 bridgehead atoms. The summed E-state index contributed by atoms with van der Waals surface area (Å²) < 4.78 is 10.8. The van der Waals surface area contributed by atoms with Gasteiger partial charge < -0.3 is 14.8 Å².